The van der Waals surface area contributed by atoms with Crippen molar-refractivity contribution in [3.63, 3.8) is 0 Å². The van der Waals surface area contributed by atoms with Gasteiger partial charge in [-0.1, -0.05) is 6.07 Å². The summed E-state index contributed by atoms with van der Waals surface area (Å²) in [6, 6.07) is 13.3. The third-order valence-corrected chi connectivity index (χ3v) is 6.18. The van der Waals surface area contributed by atoms with E-state index in [1.165, 1.54) is 25.0 Å². The second-order valence-electron chi connectivity index (χ2n) is 9.53. The van der Waals surface area contributed by atoms with Crippen LogP contribution in [0.25, 0.3) is 16.7 Å². The molecular weight excluding hydrogens is 431 g/mol. The quantitative estimate of drug-likeness (QED) is 0.449. The van der Waals surface area contributed by atoms with Gasteiger partial charge in [0.2, 0.25) is 0 Å². The van der Waals surface area contributed by atoms with Crippen LogP contribution in [-0.2, 0) is 18.6 Å². The van der Waals surface area contributed by atoms with Gasteiger partial charge in [0.05, 0.1) is 16.8 Å². The Morgan fingerprint density at radius 3 is 2.71 bits per heavy atom. The van der Waals surface area contributed by atoms with Gasteiger partial charge in [-0.3, -0.25) is 9.78 Å². The molecule has 8 heteroatoms. The van der Waals surface area contributed by atoms with Crippen LogP contribution in [0.3, 0.4) is 0 Å². The van der Waals surface area contributed by atoms with Crippen LogP contribution in [0.15, 0.2) is 53.5 Å². The molecule has 34 heavy (non-hydrogen) atoms. The van der Waals surface area contributed by atoms with E-state index in [9.17, 15) is 9.18 Å². The molecule has 0 atom stereocenters. The predicted octanol–water partition coefficient (Wildman–Crippen LogP) is 4.76. The summed E-state index contributed by atoms with van der Waals surface area (Å²) >= 11 is 0. The predicted molar refractivity (Wildman–Crippen MR) is 133 cm³/mol. The lowest BCUT2D eigenvalue weighted by Crippen LogP contribution is -2.24. The first-order valence-electron chi connectivity index (χ1n) is 11.6. The summed E-state index contributed by atoms with van der Waals surface area (Å²) in [6.07, 6.45) is 2.59. The number of nitrogens with zero attached hydrogens (tertiary/aromatic N) is 4. The molecule has 5 rings (SSSR count). The third kappa shape index (κ3) is 3.98. The smallest absolute Gasteiger partial charge is 0.276 e. The molecule has 0 bridgehead atoms. The van der Waals surface area contributed by atoms with Crippen molar-refractivity contribution in [1.29, 1.82) is 0 Å². The SMILES string of the molecule is CC(C)n1c(=O)c2ccc(Nc3ccc4c(c3)CNCC4)nc2n1-c1ccnc(C(C)(C)F)c1. The van der Waals surface area contributed by atoms with E-state index >= 15 is 0 Å². The zero-order valence-corrected chi connectivity index (χ0v) is 19.9. The molecule has 1 aliphatic rings. The molecule has 0 radical (unpaired) electrons. The average Bonchev–Trinajstić information content (AvgIpc) is 3.10. The van der Waals surface area contributed by atoms with E-state index in [0.717, 1.165) is 25.2 Å². The lowest BCUT2D eigenvalue weighted by atomic mass is 10.0. The van der Waals surface area contributed by atoms with Gasteiger partial charge in [-0.2, -0.15) is 0 Å². The Morgan fingerprint density at radius 2 is 1.94 bits per heavy atom. The average molecular weight is 461 g/mol. The van der Waals surface area contributed by atoms with Gasteiger partial charge in [-0.15, -0.1) is 0 Å². The topological polar surface area (TPSA) is 76.8 Å². The molecule has 4 heterocycles. The molecule has 0 saturated carbocycles. The molecular formula is C26H29FN6O. The van der Waals surface area contributed by atoms with Crippen molar-refractivity contribution in [1.82, 2.24) is 24.6 Å². The van der Waals surface area contributed by atoms with Gasteiger partial charge >= 0.3 is 0 Å². The van der Waals surface area contributed by atoms with Crippen molar-refractivity contribution in [2.45, 2.75) is 52.4 Å². The first kappa shape index (κ1) is 22.3. The van der Waals surface area contributed by atoms with E-state index in [0.29, 0.717) is 28.2 Å². The van der Waals surface area contributed by atoms with E-state index in [4.69, 9.17) is 4.98 Å². The fourth-order valence-electron chi connectivity index (χ4n) is 4.46. The van der Waals surface area contributed by atoms with Crippen LogP contribution >= 0.6 is 0 Å². The number of halogens is 1. The highest BCUT2D eigenvalue weighted by Crippen LogP contribution is 2.27. The van der Waals surface area contributed by atoms with Crippen molar-refractivity contribution < 1.29 is 4.39 Å². The first-order valence-corrected chi connectivity index (χ1v) is 11.6. The minimum absolute atomic E-state index is 0.124. The third-order valence-electron chi connectivity index (χ3n) is 6.18. The molecule has 1 aromatic carbocycles. The van der Waals surface area contributed by atoms with Gasteiger partial charge in [0.15, 0.2) is 5.65 Å². The highest BCUT2D eigenvalue weighted by Gasteiger charge is 2.23. The Labute approximate surface area is 197 Å². The second kappa shape index (κ2) is 8.36. The molecule has 3 aromatic heterocycles. The van der Waals surface area contributed by atoms with E-state index < -0.39 is 5.67 Å². The van der Waals surface area contributed by atoms with Crippen LogP contribution in [-0.4, -0.2) is 25.9 Å². The largest absolute Gasteiger partial charge is 0.340 e. The van der Waals surface area contributed by atoms with Gasteiger partial charge in [0.25, 0.3) is 5.56 Å². The molecule has 4 aromatic rings. The zero-order valence-electron chi connectivity index (χ0n) is 19.9. The van der Waals surface area contributed by atoms with Gasteiger partial charge < -0.3 is 10.6 Å². The monoisotopic (exact) mass is 460 g/mol. The number of rotatable bonds is 5. The van der Waals surface area contributed by atoms with Crippen LogP contribution in [0.4, 0.5) is 15.9 Å². The Morgan fingerprint density at radius 1 is 1.12 bits per heavy atom. The Kier molecular flexibility index (Phi) is 5.48. The standard InChI is InChI=1S/C26H29FN6O/c1-16(2)32-25(34)21-7-8-23(30-19-6-5-17-9-11-28-15-18(17)13-19)31-24(21)33(32)20-10-12-29-22(14-20)26(3,4)27/h5-8,10,12-14,16,28H,9,11,15H2,1-4H3,(H,30,31). The van der Waals surface area contributed by atoms with Crippen LogP contribution in [0.1, 0.15) is 50.6 Å². The summed E-state index contributed by atoms with van der Waals surface area (Å²) in [4.78, 5) is 22.3. The van der Waals surface area contributed by atoms with Crippen LogP contribution in [0, 0.1) is 0 Å². The maximum Gasteiger partial charge on any atom is 0.276 e. The zero-order chi connectivity index (χ0) is 24.0. The van der Waals surface area contributed by atoms with E-state index in [2.05, 4.69) is 33.8 Å². The van der Waals surface area contributed by atoms with Crippen molar-refractivity contribution in [2.75, 3.05) is 11.9 Å². The van der Waals surface area contributed by atoms with Gasteiger partial charge in [-0.05, 0) is 88.2 Å². The minimum Gasteiger partial charge on any atom is -0.340 e. The number of alkyl halides is 1. The van der Waals surface area contributed by atoms with Crippen LogP contribution < -0.4 is 16.2 Å². The molecule has 2 N–H and O–H groups in total. The maximum atomic E-state index is 14.7. The first-order chi connectivity index (χ1) is 16.2. The molecule has 1 aliphatic heterocycles. The van der Waals surface area contributed by atoms with Crippen LogP contribution in [0.2, 0.25) is 0 Å². The Hall–Kier alpha value is -3.52. The number of benzene rings is 1. The molecule has 7 nitrogen and oxygen atoms in total. The molecule has 0 fully saturated rings. The molecule has 0 unspecified atom stereocenters. The Bertz CT molecular complexity index is 1430. The molecule has 0 aliphatic carbocycles. The number of aromatic nitrogens is 4. The molecule has 176 valence electrons. The van der Waals surface area contributed by atoms with Crippen molar-refractivity contribution in [3.8, 4) is 5.69 Å². The van der Waals surface area contributed by atoms with E-state index in [1.807, 2.05) is 19.9 Å². The fourth-order valence-corrected chi connectivity index (χ4v) is 4.46. The second-order valence-corrected chi connectivity index (χ2v) is 9.53. The number of nitrogens with one attached hydrogen (secondary N) is 2. The van der Waals surface area contributed by atoms with Crippen molar-refractivity contribution in [3.05, 3.63) is 75.8 Å². The van der Waals surface area contributed by atoms with Gasteiger partial charge in [0, 0.05) is 24.5 Å². The number of fused-ring (bicyclic) bond motifs is 2. The summed E-state index contributed by atoms with van der Waals surface area (Å²) in [5, 5.41) is 7.29. The maximum absolute atomic E-state index is 14.7. The van der Waals surface area contributed by atoms with Crippen LogP contribution in [0.5, 0.6) is 0 Å². The van der Waals surface area contributed by atoms with Crippen molar-refractivity contribution >= 4 is 22.5 Å². The fraction of sp³-hybridized carbons (Fsp3) is 0.346. The van der Waals surface area contributed by atoms with E-state index in [-0.39, 0.29) is 11.6 Å². The number of hydrogen-bond donors (Lipinski definition) is 2. The summed E-state index contributed by atoms with van der Waals surface area (Å²) in [7, 11) is 0. The lowest BCUT2D eigenvalue weighted by Gasteiger charge is -2.19. The molecule has 0 spiro atoms. The summed E-state index contributed by atoms with van der Waals surface area (Å²) in [5.74, 6) is 0.631. The highest BCUT2D eigenvalue weighted by atomic mass is 19.1. The molecule has 0 amide bonds. The molecule has 0 saturated heterocycles. The van der Waals surface area contributed by atoms with Gasteiger partial charge in [0.1, 0.15) is 11.5 Å². The highest BCUT2D eigenvalue weighted by molar-refractivity contribution is 5.79. The lowest BCUT2D eigenvalue weighted by molar-refractivity contribution is 0.214. The minimum atomic E-state index is -1.61. The summed E-state index contributed by atoms with van der Waals surface area (Å²) in [5.41, 5.74) is 3.28. The number of anilines is 2. The Balaban J connectivity index is 1.63. The number of hydrogen-bond acceptors (Lipinski definition) is 5. The van der Waals surface area contributed by atoms with E-state index in [1.54, 1.807) is 33.8 Å². The van der Waals surface area contributed by atoms with Crippen molar-refractivity contribution in [2.24, 2.45) is 0 Å². The summed E-state index contributed by atoms with van der Waals surface area (Å²) in [6.45, 7) is 8.67. The summed E-state index contributed by atoms with van der Waals surface area (Å²) < 4.78 is 18.1. The number of pyridine rings is 2. The normalized spacial score (nSPS) is 13.9. The van der Waals surface area contributed by atoms with Gasteiger partial charge in [-0.25, -0.2) is 18.7 Å².